The Bertz CT molecular complexity index is 910. The van der Waals surface area contributed by atoms with Crippen LogP contribution in [0.3, 0.4) is 0 Å². The van der Waals surface area contributed by atoms with Crippen molar-refractivity contribution in [2.24, 2.45) is 0 Å². The molecule has 5 atom stereocenters. The van der Waals surface area contributed by atoms with Crippen LogP contribution in [0.15, 0.2) is 51.0 Å². The predicted octanol–water partition coefficient (Wildman–Crippen LogP) is -0.0798. The van der Waals surface area contributed by atoms with Crippen molar-refractivity contribution in [3.05, 3.63) is 62.9 Å². The van der Waals surface area contributed by atoms with Gasteiger partial charge in [0.1, 0.15) is 17.5 Å². The lowest BCUT2D eigenvalue weighted by Crippen LogP contribution is -2.39. The van der Waals surface area contributed by atoms with Crippen LogP contribution in [0.25, 0.3) is 0 Å². The Morgan fingerprint density at radius 3 is 2.58 bits per heavy atom. The molecule has 2 aromatic rings. The van der Waals surface area contributed by atoms with E-state index in [0.717, 1.165) is 31.9 Å². The Morgan fingerprint density at radius 2 is 1.96 bits per heavy atom. The lowest BCUT2D eigenvalue weighted by atomic mass is 10.2. The average molecular weight is 398 g/mol. The quantitative estimate of drug-likeness (QED) is 0.602. The van der Waals surface area contributed by atoms with Gasteiger partial charge in [-0.2, -0.15) is 0 Å². The lowest BCUT2D eigenvalue weighted by Gasteiger charge is -2.20. The number of hydrogen-bond donors (Lipinski definition) is 3. The molecule has 1 aliphatic heterocycles. The van der Waals surface area contributed by atoms with Crippen LogP contribution in [0.1, 0.15) is 11.8 Å². The number of aromatic nitrogens is 2. The number of rotatable bonds is 5. The lowest BCUT2D eigenvalue weighted by molar-refractivity contribution is -0.0457. The molecular formula is C16H18N2O6S2. The van der Waals surface area contributed by atoms with Gasteiger partial charge in [0.15, 0.2) is 6.23 Å². The number of benzene rings is 1. The van der Waals surface area contributed by atoms with Gasteiger partial charge in [-0.05, 0) is 29.9 Å². The zero-order valence-corrected chi connectivity index (χ0v) is 15.4. The Kier molecular flexibility index (Phi) is 5.78. The maximum Gasteiger partial charge on any atom is 0.330 e. The van der Waals surface area contributed by atoms with E-state index in [0.29, 0.717) is 0 Å². The minimum Gasteiger partial charge on any atom is -0.394 e. The van der Waals surface area contributed by atoms with Gasteiger partial charge in [0.2, 0.25) is 0 Å². The molecule has 1 aromatic heterocycles. The first kappa shape index (κ1) is 19.1. The Balaban J connectivity index is 1.92. The molecule has 0 radical (unpaired) electrons. The van der Waals surface area contributed by atoms with Gasteiger partial charge in [-0.3, -0.25) is 14.3 Å². The van der Waals surface area contributed by atoms with E-state index in [1.54, 1.807) is 0 Å². The molecule has 3 N–H and O–H groups in total. The summed E-state index contributed by atoms with van der Waals surface area (Å²) in [7, 11) is -0.634. The normalized spacial score (nSPS) is 26.7. The molecule has 8 nitrogen and oxygen atoms in total. The largest absolute Gasteiger partial charge is 0.394 e. The van der Waals surface area contributed by atoms with E-state index in [9.17, 15) is 24.0 Å². The first-order valence-electron chi connectivity index (χ1n) is 7.82. The van der Waals surface area contributed by atoms with Crippen LogP contribution in [0.2, 0.25) is 0 Å². The number of nitrogens with zero attached hydrogens (tertiary/aromatic N) is 1. The van der Waals surface area contributed by atoms with Crippen molar-refractivity contribution in [2.45, 2.75) is 35.5 Å². The number of aliphatic hydroxyl groups excluding tert-OH is 2. The molecule has 1 aliphatic rings. The SMILES string of the molecule is Cc1ccc(SS(=O)C2[C@@H](O)[C@@H](CO)O[C@H]2n2ccc(=O)[nH]c2=O)cc1. The zero-order chi connectivity index (χ0) is 18.8. The highest BCUT2D eigenvalue weighted by molar-refractivity contribution is 8.69. The second-order valence-electron chi connectivity index (χ2n) is 5.88. The third-order valence-corrected chi connectivity index (χ3v) is 7.36. The maximum absolute atomic E-state index is 12.9. The van der Waals surface area contributed by atoms with E-state index in [1.165, 1.54) is 6.20 Å². The maximum atomic E-state index is 12.9. The van der Waals surface area contributed by atoms with Crippen LogP contribution in [-0.4, -0.2) is 48.0 Å². The summed E-state index contributed by atoms with van der Waals surface area (Å²) in [5, 5.41) is 18.9. The van der Waals surface area contributed by atoms with Crippen molar-refractivity contribution in [2.75, 3.05) is 6.61 Å². The first-order valence-corrected chi connectivity index (χ1v) is 10.4. The molecule has 1 fully saturated rings. The number of aliphatic hydroxyl groups is 2. The molecule has 140 valence electrons. The van der Waals surface area contributed by atoms with Crippen LogP contribution in [0, 0.1) is 6.92 Å². The molecule has 0 saturated carbocycles. The third kappa shape index (κ3) is 3.84. The minimum absolute atomic E-state index is 0.487. The van der Waals surface area contributed by atoms with Crippen LogP contribution < -0.4 is 11.2 Å². The number of H-pyrrole nitrogens is 1. The topological polar surface area (TPSA) is 122 Å². The molecule has 26 heavy (non-hydrogen) atoms. The first-order chi connectivity index (χ1) is 12.4. The fraction of sp³-hybridized carbons (Fsp3) is 0.375. The van der Waals surface area contributed by atoms with Crippen LogP contribution in [-0.2, 0) is 14.6 Å². The molecule has 2 heterocycles. The van der Waals surface area contributed by atoms with Crippen LogP contribution >= 0.6 is 10.8 Å². The Hall–Kier alpha value is -1.72. The highest BCUT2D eigenvalue weighted by Crippen LogP contribution is 2.37. The summed E-state index contributed by atoms with van der Waals surface area (Å²) in [5.41, 5.74) is -0.256. The summed E-state index contributed by atoms with van der Waals surface area (Å²) in [4.78, 5) is 26.2. The molecule has 0 bridgehead atoms. The van der Waals surface area contributed by atoms with Crippen molar-refractivity contribution in [3.8, 4) is 0 Å². The summed E-state index contributed by atoms with van der Waals surface area (Å²) in [5.74, 6) is 0. The van der Waals surface area contributed by atoms with Crippen molar-refractivity contribution < 1.29 is 19.2 Å². The smallest absolute Gasteiger partial charge is 0.330 e. The molecule has 10 heteroatoms. The summed E-state index contributed by atoms with van der Waals surface area (Å²) < 4.78 is 19.5. The van der Waals surface area contributed by atoms with E-state index < -0.39 is 51.4 Å². The molecule has 1 aromatic carbocycles. The molecule has 0 amide bonds. The summed E-state index contributed by atoms with van der Waals surface area (Å²) >= 11 is 0. The van der Waals surface area contributed by atoms with Gasteiger partial charge in [0.05, 0.1) is 16.4 Å². The van der Waals surface area contributed by atoms with E-state index in [2.05, 4.69) is 4.98 Å². The second kappa shape index (κ2) is 7.89. The third-order valence-electron chi connectivity index (χ3n) is 4.04. The molecule has 0 spiro atoms. The van der Waals surface area contributed by atoms with Crippen molar-refractivity contribution in [1.82, 2.24) is 9.55 Å². The van der Waals surface area contributed by atoms with Crippen molar-refractivity contribution in [3.63, 3.8) is 0 Å². The second-order valence-corrected chi connectivity index (χ2v) is 9.07. The standard InChI is InChI=1S/C16H18N2O6S2/c1-9-2-4-10(5-3-9)25-26(23)14-13(21)11(8-19)24-15(14)18-7-6-12(20)17-16(18)22/h2-7,11,13-15,19,21H,8H2,1H3,(H,17,20,22)/t11-,13+,14?,15-,26?/m1/s1. The predicted molar refractivity (Wildman–Crippen MR) is 97.3 cm³/mol. The van der Waals surface area contributed by atoms with Crippen molar-refractivity contribution >= 4 is 20.6 Å². The summed E-state index contributed by atoms with van der Waals surface area (Å²) in [6.07, 6.45) is -2.07. The van der Waals surface area contributed by atoms with Crippen LogP contribution in [0.5, 0.6) is 0 Å². The van der Waals surface area contributed by atoms with Crippen LogP contribution in [0.4, 0.5) is 0 Å². The number of hydrogen-bond acceptors (Lipinski definition) is 7. The van der Waals surface area contributed by atoms with E-state index >= 15 is 0 Å². The van der Waals surface area contributed by atoms with E-state index in [-0.39, 0.29) is 0 Å². The highest BCUT2D eigenvalue weighted by atomic mass is 33.1. The molecular weight excluding hydrogens is 380 g/mol. The molecule has 3 rings (SSSR count). The number of nitrogens with one attached hydrogen (secondary N) is 1. The summed E-state index contributed by atoms with van der Waals surface area (Å²) in [6, 6.07) is 8.51. The average Bonchev–Trinajstić information content (AvgIpc) is 2.93. The van der Waals surface area contributed by atoms with Gasteiger partial charge in [-0.25, -0.2) is 9.00 Å². The molecule has 1 saturated heterocycles. The van der Waals surface area contributed by atoms with Gasteiger partial charge in [0.25, 0.3) is 5.56 Å². The Morgan fingerprint density at radius 1 is 1.27 bits per heavy atom. The number of ether oxygens (including phenoxy) is 1. The highest BCUT2D eigenvalue weighted by Gasteiger charge is 2.48. The van der Waals surface area contributed by atoms with Gasteiger partial charge in [0, 0.05) is 17.2 Å². The summed E-state index contributed by atoms with van der Waals surface area (Å²) in [6.45, 7) is 1.45. The number of aryl methyl sites for hydroxylation is 1. The fourth-order valence-corrected chi connectivity index (χ4v) is 5.87. The van der Waals surface area contributed by atoms with Gasteiger partial charge in [-0.1, -0.05) is 17.7 Å². The minimum atomic E-state index is -1.67. The van der Waals surface area contributed by atoms with E-state index in [1.807, 2.05) is 31.2 Å². The van der Waals surface area contributed by atoms with Gasteiger partial charge in [-0.15, -0.1) is 0 Å². The monoisotopic (exact) mass is 398 g/mol. The van der Waals surface area contributed by atoms with Gasteiger partial charge < -0.3 is 14.9 Å². The number of aromatic amines is 1. The zero-order valence-electron chi connectivity index (χ0n) is 13.8. The van der Waals surface area contributed by atoms with Crippen molar-refractivity contribution in [1.29, 1.82) is 0 Å². The van der Waals surface area contributed by atoms with Gasteiger partial charge >= 0.3 is 5.69 Å². The fourth-order valence-electron chi connectivity index (χ4n) is 2.67. The van der Waals surface area contributed by atoms with E-state index in [4.69, 9.17) is 4.74 Å². The molecule has 2 unspecified atom stereocenters. The molecule has 0 aliphatic carbocycles. The Labute approximate surface area is 154 Å².